The van der Waals surface area contributed by atoms with Crippen LogP contribution in [0.15, 0.2) is 34.1 Å². The first-order valence-electron chi connectivity index (χ1n) is 14.4. The van der Waals surface area contributed by atoms with E-state index in [0.717, 1.165) is 15.5 Å². The number of aromatic nitrogens is 8. The lowest BCUT2D eigenvalue weighted by atomic mass is 10.1. The largest absolute Gasteiger partial charge is 0.488 e. The second-order valence-electron chi connectivity index (χ2n) is 11.4. The summed E-state index contributed by atoms with van der Waals surface area (Å²) in [6.07, 6.45) is -10.1. The molecule has 4 aromatic rings. The minimum absolute atomic E-state index is 0.0231. The summed E-state index contributed by atoms with van der Waals surface area (Å²) in [5, 5.41) is 42.1. The molecule has 0 saturated carbocycles. The highest BCUT2D eigenvalue weighted by atomic mass is 31.3. The van der Waals surface area contributed by atoms with Gasteiger partial charge >= 0.3 is 28.8 Å². The number of aryl methyl sites for hydroxylation is 1. The van der Waals surface area contributed by atoms with Crippen molar-refractivity contribution in [3.63, 3.8) is 0 Å². The fourth-order valence-electron chi connectivity index (χ4n) is 5.46. The van der Waals surface area contributed by atoms with E-state index in [-0.39, 0.29) is 40.0 Å². The Hall–Kier alpha value is -3.75. The molecule has 13 N–H and O–H groups in total. The summed E-state index contributed by atoms with van der Waals surface area (Å²) in [4.78, 5) is 70.8. The van der Waals surface area contributed by atoms with Gasteiger partial charge in [-0.15, -0.1) is 0 Å². The number of hydrogen-bond acceptors (Lipinski definition) is 19. The molecule has 5 unspecified atom stereocenters. The summed E-state index contributed by atoms with van der Waals surface area (Å²) in [5.74, 6) is -0.310. The molecule has 30 heteroatoms. The van der Waals surface area contributed by atoms with Crippen LogP contribution < -0.4 is 27.2 Å². The van der Waals surface area contributed by atoms with Crippen LogP contribution in [-0.2, 0) is 43.4 Å². The Balaban J connectivity index is 1.08. The van der Waals surface area contributed by atoms with Crippen molar-refractivity contribution < 1.29 is 76.0 Å². The number of nitrogens with two attached hydrogens (primary N) is 2. The van der Waals surface area contributed by atoms with E-state index in [0.29, 0.717) is 6.08 Å². The Morgan fingerprint density at radius 2 is 1.50 bits per heavy atom. The lowest BCUT2D eigenvalue weighted by Crippen LogP contribution is -2.33. The van der Waals surface area contributed by atoms with Crippen molar-refractivity contribution in [2.75, 3.05) is 18.1 Å². The Morgan fingerprint density at radius 3 is 2.19 bits per heavy atom. The fraction of sp³-hybridized carbons (Fsp3) is 0.455. The zero-order valence-corrected chi connectivity index (χ0v) is 28.7. The lowest BCUT2D eigenvalue weighted by Gasteiger charge is -2.20. The molecule has 11 atom stereocenters. The van der Waals surface area contributed by atoms with Gasteiger partial charge in [-0.25, -0.2) is 23.0 Å². The number of nitrogens with zero attached hydrogens (tertiary/aromatic N) is 6. The van der Waals surface area contributed by atoms with Gasteiger partial charge in [0, 0.05) is 5.82 Å². The molecule has 2 saturated heterocycles. The number of phosphoric ester groups is 1. The van der Waals surface area contributed by atoms with E-state index in [1.165, 1.54) is 17.9 Å². The van der Waals surface area contributed by atoms with E-state index < -0.39 is 90.0 Å². The van der Waals surface area contributed by atoms with Gasteiger partial charge < -0.3 is 56.0 Å². The number of fused-ring (bicyclic) bond motifs is 2. The number of H-pyrrole nitrogens is 2. The number of phosphoric acid groups is 2. The second-order valence-corrected chi connectivity index (χ2v) is 16.2. The van der Waals surface area contributed by atoms with Gasteiger partial charge in [0.2, 0.25) is 24.5 Å². The van der Waals surface area contributed by atoms with Crippen LogP contribution in [0.2, 0.25) is 0 Å². The van der Waals surface area contributed by atoms with E-state index in [1.54, 1.807) is 0 Å². The average Bonchev–Trinajstić information content (AvgIpc) is 3.74. The number of nitrogen functional groups attached to an aromatic ring is 2. The molecule has 52 heavy (non-hydrogen) atoms. The molecule has 0 aromatic carbocycles. The third-order valence-electron chi connectivity index (χ3n) is 7.69. The maximum absolute atomic E-state index is 12.6. The SMILES string of the molecule is C[n+]1cn([C@@H]2O[C@H](/C=C/P(=O)(O)OP(=O)(O)OP(=O)(O)OC[C@H]3O[C@@H](n4cnc5c(=O)[nH]c(N)nc54)[C@@H](O)C3O)C(O)[C@@H]2O)c2nc(N)[nH]c(=O)c21. The molecule has 0 aliphatic carbocycles. The van der Waals surface area contributed by atoms with Gasteiger partial charge in [-0.2, -0.15) is 18.8 Å². The molecule has 6 heterocycles. The molecule has 4 aromatic heterocycles. The van der Waals surface area contributed by atoms with Gasteiger partial charge in [-0.1, -0.05) is 0 Å². The fourth-order valence-corrected chi connectivity index (χ4v) is 9.20. The Morgan fingerprint density at radius 1 is 0.885 bits per heavy atom. The topological polar surface area (TPSA) is 409 Å². The van der Waals surface area contributed by atoms with Gasteiger partial charge in [0.1, 0.15) is 36.6 Å². The zero-order valence-electron chi connectivity index (χ0n) is 26.0. The molecule has 6 rings (SSSR count). The summed E-state index contributed by atoms with van der Waals surface area (Å²) in [6, 6.07) is 0. The summed E-state index contributed by atoms with van der Waals surface area (Å²) in [5.41, 5.74) is 9.44. The Bertz CT molecular complexity index is 2330. The zero-order chi connectivity index (χ0) is 38.1. The van der Waals surface area contributed by atoms with Crippen molar-refractivity contribution in [3.05, 3.63) is 45.3 Å². The number of imidazole rings is 2. The van der Waals surface area contributed by atoms with E-state index >= 15 is 0 Å². The number of aromatic amines is 2. The number of aliphatic hydroxyl groups is 4. The Labute approximate surface area is 287 Å². The van der Waals surface area contributed by atoms with Crippen LogP contribution in [0, 0.1) is 0 Å². The molecule has 0 spiro atoms. The van der Waals surface area contributed by atoms with Crippen molar-refractivity contribution >= 4 is 57.5 Å². The van der Waals surface area contributed by atoms with Crippen molar-refractivity contribution in [2.24, 2.45) is 7.05 Å². The van der Waals surface area contributed by atoms with Crippen LogP contribution in [0.5, 0.6) is 0 Å². The summed E-state index contributed by atoms with van der Waals surface area (Å²) in [6.45, 7) is -1.08. The molecule has 2 fully saturated rings. The van der Waals surface area contributed by atoms with Gasteiger partial charge in [0.05, 0.1) is 20.0 Å². The van der Waals surface area contributed by atoms with Crippen LogP contribution in [-0.4, -0.2) is 112 Å². The molecule has 2 aliphatic rings. The average molecular weight is 799 g/mol. The predicted octanol–water partition coefficient (Wildman–Crippen LogP) is -3.97. The van der Waals surface area contributed by atoms with E-state index in [4.69, 9.17) is 20.9 Å². The highest BCUT2D eigenvalue weighted by Gasteiger charge is 2.49. The van der Waals surface area contributed by atoms with Crippen LogP contribution in [0.3, 0.4) is 0 Å². The monoisotopic (exact) mass is 799 g/mol. The molecule has 284 valence electrons. The number of ether oxygens (including phenoxy) is 2. The minimum atomic E-state index is -5.93. The molecule has 0 radical (unpaired) electrons. The summed E-state index contributed by atoms with van der Waals surface area (Å²) < 4.78 is 65.0. The van der Waals surface area contributed by atoms with Crippen molar-refractivity contribution in [1.82, 2.24) is 34.1 Å². The first-order chi connectivity index (χ1) is 24.2. The smallest absolute Gasteiger partial charge is 0.387 e. The molecular formula is C22H30N10O17P3+. The first-order valence-corrected chi connectivity index (χ1v) is 19.1. The maximum Gasteiger partial charge on any atom is 0.488 e. The number of anilines is 2. The van der Waals surface area contributed by atoms with E-state index in [2.05, 4.69) is 38.1 Å². The number of nitrogens with one attached hydrogen (secondary N) is 2. The third-order valence-corrected chi connectivity index (χ3v) is 12.1. The van der Waals surface area contributed by atoms with Crippen LogP contribution in [0.1, 0.15) is 12.5 Å². The number of rotatable bonds is 11. The second kappa shape index (κ2) is 13.6. The highest BCUT2D eigenvalue weighted by molar-refractivity contribution is 7.69. The molecule has 0 amide bonds. The number of aliphatic hydroxyl groups excluding tert-OH is 4. The molecule has 0 bridgehead atoms. The van der Waals surface area contributed by atoms with Crippen molar-refractivity contribution in [3.8, 4) is 0 Å². The quantitative estimate of drug-likeness (QED) is 0.0509. The standard InChI is InChI=1S/C22H29N10O17P3/c1-30-6-32(16-10(30)18(38)29-22(24)27-16)20-13(35)11(33)7(46-20)2-3-50(39,40)48-52(43,44)49-51(41,42)45-4-8-12(34)14(36)19(47-8)31-5-25-9-15(31)26-21(23)28-17(9)37/h2-3,5-8,11-14,19-20,33-36H,4H2,1H3,(H8-,23,24,26,27,28,29,37,38,39,40,41,42,43,44)/p+1/b3-2+/t7-,8-,11?,12?,13+,14+,19-,20-/m1/s1. The minimum Gasteiger partial charge on any atom is -0.387 e. The number of hydrogen-bond donors (Lipinski definition) is 11. The van der Waals surface area contributed by atoms with Gasteiger partial charge in [0.25, 0.3) is 16.7 Å². The van der Waals surface area contributed by atoms with Crippen LogP contribution in [0.25, 0.3) is 22.3 Å². The van der Waals surface area contributed by atoms with Crippen LogP contribution in [0.4, 0.5) is 11.9 Å². The molecule has 2 aliphatic heterocycles. The van der Waals surface area contributed by atoms with Crippen molar-refractivity contribution in [1.29, 1.82) is 0 Å². The highest BCUT2D eigenvalue weighted by Crippen LogP contribution is 2.68. The molecule has 27 nitrogen and oxygen atoms in total. The lowest BCUT2D eigenvalue weighted by molar-refractivity contribution is -0.646. The van der Waals surface area contributed by atoms with Gasteiger partial charge in [0.15, 0.2) is 17.4 Å². The van der Waals surface area contributed by atoms with Crippen molar-refractivity contribution in [2.45, 2.75) is 49.1 Å². The van der Waals surface area contributed by atoms with E-state index in [9.17, 15) is 58.4 Å². The van der Waals surface area contributed by atoms with Crippen LogP contribution >= 0.6 is 23.2 Å². The third kappa shape index (κ3) is 7.38. The van der Waals surface area contributed by atoms with E-state index in [1.807, 2.05) is 0 Å². The first kappa shape index (κ1) is 38.0. The Kier molecular flexibility index (Phi) is 9.93. The van der Waals surface area contributed by atoms with Gasteiger partial charge in [-0.3, -0.25) is 33.2 Å². The summed E-state index contributed by atoms with van der Waals surface area (Å²) >= 11 is 0. The van der Waals surface area contributed by atoms with Gasteiger partial charge in [-0.05, 0) is 6.08 Å². The maximum atomic E-state index is 12.6. The summed E-state index contributed by atoms with van der Waals surface area (Å²) in [7, 11) is -15.5. The normalized spacial score (nSPS) is 30.2. The predicted molar refractivity (Wildman–Crippen MR) is 167 cm³/mol. The molecular weight excluding hydrogens is 769 g/mol.